The minimum absolute atomic E-state index is 1.31. The van der Waals surface area contributed by atoms with E-state index < -0.39 is 0 Å². The monoisotopic (exact) mass is 306 g/mol. The number of fused-ring (bicyclic) bond motifs is 3. The average molecular weight is 306 g/mol. The molecule has 0 amide bonds. The van der Waals surface area contributed by atoms with Gasteiger partial charge in [0.2, 0.25) is 0 Å². The van der Waals surface area contributed by atoms with Crippen LogP contribution >= 0.6 is 0 Å². The Hall–Kier alpha value is -2.86. The highest BCUT2D eigenvalue weighted by Crippen LogP contribution is 2.48. The van der Waals surface area contributed by atoms with Gasteiger partial charge in [0, 0.05) is 0 Å². The van der Waals surface area contributed by atoms with E-state index in [1.807, 2.05) is 0 Å². The summed E-state index contributed by atoms with van der Waals surface area (Å²) >= 11 is 0. The van der Waals surface area contributed by atoms with Crippen molar-refractivity contribution < 1.29 is 0 Å². The molecule has 0 radical (unpaired) electrons. The first kappa shape index (κ1) is 13.6. The molecule has 1 aliphatic carbocycles. The molecule has 1 aliphatic rings. The summed E-state index contributed by atoms with van der Waals surface area (Å²) in [7, 11) is 0. The second kappa shape index (κ2) is 4.82. The van der Waals surface area contributed by atoms with Crippen LogP contribution < -0.4 is 0 Å². The van der Waals surface area contributed by atoms with Crippen molar-refractivity contribution in [3.63, 3.8) is 0 Å². The standard InChI is InChI=1S/C24H18/c1-15-6-3-7-16(2)23(15)18-12-13-19-20-10-4-8-17-9-5-11-21(24(17)20)22(19)14-18/h3-14H,1-2H3. The zero-order chi connectivity index (χ0) is 16.3. The Bertz CT molecular complexity index is 1090. The molecule has 24 heavy (non-hydrogen) atoms. The lowest BCUT2D eigenvalue weighted by atomic mass is 9.92. The first-order valence-electron chi connectivity index (χ1n) is 8.47. The Labute approximate surface area is 142 Å². The van der Waals surface area contributed by atoms with Crippen LogP contribution in [0.5, 0.6) is 0 Å². The first-order valence-corrected chi connectivity index (χ1v) is 8.47. The van der Waals surface area contributed by atoms with Gasteiger partial charge in [0.1, 0.15) is 0 Å². The molecule has 0 fully saturated rings. The zero-order valence-electron chi connectivity index (χ0n) is 13.9. The van der Waals surface area contributed by atoms with E-state index >= 15 is 0 Å². The second-order valence-corrected chi connectivity index (χ2v) is 6.74. The molecule has 0 spiro atoms. The maximum atomic E-state index is 2.37. The number of hydrogen-bond acceptors (Lipinski definition) is 0. The molecule has 0 bridgehead atoms. The fourth-order valence-electron chi connectivity index (χ4n) is 4.22. The molecular weight excluding hydrogens is 288 g/mol. The maximum Gasteiger partial charge on any atom is -0.00264 e. The molecule has 0 atom stereocenters. The van der Waals surface area contributed by atoms with Crippen LogP contribution in [0, 0.1) is 13.8 Å². The molecule has 0 saturated heterocycles. The van der Waals surface area contributed by atoms with E-state index in [9.17, 15) is 0 Å². The Balaban J connectivity index is 1.82. The summed E-state index contributed by atoms with van der Waals surface area (Å²) in [6, 6.07) is 26.7. The van der Waals surface area contributed by atoms with Crippen molar-refractivity contribution >= 4 is 10.8 Å². The molecule has 0 heterocycles. The van der Waals surface area contributed by atoms with Crippen molar-refractivity contribution in [2.45, 2.75) is 13.8 Å². The molecule has 114 valence electrons. The predicted molar refractivity (Wildman–Crippen MR) is 103 cm³/mol. The van der Waals surface area contributed by atoms with Gasteiger partial charge in [-0.05, 0) is 75.2 Å². The summed E-state index contributed by atoms with van der Waals surface area (Å²) in [4.78, 5) is 0. The van der Waals surface area contributed by atoms with Gasteiger partial charge in [-0.15, -0.1) is 0 Å². The summed E-state index contributed by atoms with van der Waals surface area (Å²) in [5, 5.41) is 2.73. The van der Waals surface area contributed by atoms with Crippen LogP contribution in [0.1, 0.15) is 11.1 Å². The van der Waals surface area contributed by atoms with E-state index in [1.54, 1.807) is 0 Å². The van der Waals surface area contributed by atoms with Gasteiger partial charge in [-0.25, -0.2) is 0 Å². The number of hydrogen-bond donors (Lipinski definition) is 0. The largest absolute Gasteiger partial charge is 0.0617 e. The third-order valence-electron chi connectivity index (χ3n) is 5.27. The Kier molecular flexibility index (Phi) is 2.72. The van der Waals surface area contributed by atoms with E-state index in [1.165, 1.54) is 55.3 Å². The van der Waals surface area contributed by atoms with E-state index in [2.05, 4.69) is 86.6 Å². The van der Waals surface area contributed by atoms with Gasteiger partial charge in [0.15, 0.2) is 0 Å². The smallest absolute Gasteiger partial charge is 0.00264 e. The van der Waals surface area contributed by atoms with Gasteiger partial charge in [-0.3, -0.25) is 0 Å². The molecule has 0 aliphatic heterocycles. The number of benzene rings is 4. The van der Waals surface area contributed by atoms with Gasteiger partial charge in [-0.2, -0.15) is 0 Å². The van der Waals surface area contributed by atoms with Crippen molar-refractivity contribution in [2.75, 3.05) is 0 Å². The SMILES string of the molecule is Cc1cccc(C)c1-c1ccc2c(c1)-c1cccc3cccc-2c13. The number of rotatable bonds is 1. The van der Waals surface area contributed by atoms with Crippen LogP contribution in [0.25, 0.3) is 44.2 Å². The van der Waals surface area contributed by atoms with Gasteiger partial charge in [0.05, 0.1) is 0 Å². The zero-order valence-corrected chi connectivity index (χ0v) is 13.9. The lowest BCUT2D eigenvalue weighted by Gasteiger charge is -2.12. The van der Waals surface area contributed by atoms with Crippen LogP contribution in [0.15, 0.2) is 72.8 Å². The molecule has 5 rings (SSSR count). The van der Waals surface area contributed by atoms with Gasteiger partial charge < -0.3 is 0 Å². The summed E-state index contributed by atoms with van der Waals surface area (Å²) in [6.07, 6.45) is 0. The molecule has 4 aromatic rings. The third-order valence-corrected chi connectivity index (χ3v) is 5.27. The second-order valence-electron chi connectivity index (χ2n) is 6.74. The molecule has 0 saturated carbocycles. The highest BCUT2D eigenvalue weighted by molar-refractivity contribution is 6.15. The summed E-state index contributed by atoms with van der Waals surface area (Å²) < 4.78 is 0. The van der Waals surface area contributed by atoms with Crippen molar-refractivity contribution in [1.82, 2.24) is 0 Å². The van der Waals surface area contributed by atoms with Crippen molar-refractivity contribution in [2.24, 2.45) is 0 Å². The number of aryl methyl sites for hydroxylation is 2. The van der Waals surface area contributed by atoms with Crippen molar-refractivity contribution in [3.8, 4) is 33.4 Å². The quantitative estimate of drug-likeness (QED) is 0.320. The van der Waals surface area contributed by atoms with E-state index in [0.29, 0.717) is 0 Å². The molecule has 0 aromatic heterocycles. The highest BCUT2D eigenvalue weighted by Gasteiger charge is 2.21. The van der Waals surface area contributed by atoms with E-state index in [0.717, 1.165) is 0 Å². The average Bonchev–Trinajstić information content (AvgIpc) is 2.91. The highest BCUT2D eigenvalue weighted by atomic mass is 14.2. The van der Waals surface area contributed by atoms with E-state index in [-0.39, 0.29) is 0 Å². The van der Waals surface area contributed by atoms with Crippen LogP contribution in [-0.4, -0.2) is 0 Å². The van der Waals surface area contributed by atoms with Crippen molar-refractivity contribution in [1.29, 1.82) is 0 Å². The third kappa shape index (κ3) is 1.74. The predicted octanol–water partition coefficient (Wildman–Crippen LogP) is 6.77. The van der Waals surface area contributed by atoms with Gasteiger partial charge >= 0.3 is 0 Å². The van der Waals surface area contributed by atoms with Crippen LogP contribution in [-0.2, 0) is 0 Å². The fraction of sp³-hybridized carbons (Fsp3) is 0.0833. The molecule has 4 aromatic carbocycles. The first-order chi connectivity index (χ1) is 11.7. The fourth-order valence-corrected chi connectivity index (χ4v) is 4.22. The lowest BCUT2D eigenvalue weighted by molar-refractivity contribution is 1.38. The summed E-state index contributed by atoms with van der Waals surface area (Å²) in [5.41, 5.74) is 10.8. The van der Waals surface area contributed by atoms with Crippen molar-refractivity contribution in [3.05, 3.63) is 83.9 Å². The molecule has 0 N–H and O–H groups in total. The summed E-state index contributed by atoms with van der Waals surface area (Å²) in [5.74, 6) is 0. The molecular formula is C24H18. The Morgan fingerprint density at radius 1 is 0.542 bits per heavy atom. The Morgan fingerprint density at radius 3 is 1.88 bits per heavy atom. The Morgan fingerprint density at radius 2 is 1.17 bits per heavy atom. The summed E-state index contributed by atoms with van der Waals surface area (Å²) in [6.45, 7) is 4.40. The minimum Gasteiger partial charge on any atom is -0.0617 e. The minimum atomic E-state index is 1.31. The van der Waals surface area contributed by atoms with Crippen LogP contribution in [0.4, 0.5) is 0 Å². The van der Waals surface area contributed by atoms with Gasteiger partial charge in [-0.1, -0.05) is 66.7 Å². The topological polar surface area (TPSA) is 0 Å². The molecule has 0 nitrogen and oxygen atoms in total. The molecule has 0 unspecified atom stereocenters. The van der Waals surface area contributed by atoms with Crippen LogP contribution in [0.3, 0.4) is 0 Å². The van der Waals surface area contributed by atoms with Gasteiger partial charge in [0.25, 0.3) is 0 Å². The molecule has 0 heteroatoms. The normalized spacial score (nSPS) is 11.8. The van der Waals surface area contributed by atoms with Crippen LogP contribution in [0.2, 0.25) is 0 Å². The lowest BCUT2D eigenvalue weighted by Crippen LogP contribution is -1.88. The maximum absolute atomic E-state index is 2.37. The van der Waals surface area contributed by atoms with E-state index in [4.69, 9.17) is 0 Å².